The number of nitrogens with zero attached hydrogens (tertiary/aromatic N) is 2. The van der Waals surface area contributed by atoms with E-state index in [-0.39, 0.29) is 17.7 Å². The van der Waals surface area contributed by atoms with Crippen LogP contribution >= 0.6 is 0 Å². The van der Waals surface area contributed by atoms with Gasteiger partial charge in [0, 0.05) is 44.5 Å². The van der Waals surface area contributed by atoms with E-state index < -0.39 is 6.04 Å². The van der Waals surface area contributed by atoms with Gasteiger partial charge in [0.15, 0.2) is 0 Å². The van der Waals surface area contributed by atoms with Gasteiger partial charge >= 0.3 is 0 Å². The van der Waals surface area contributed by atoms with Crippen LogP contribution in [-0.2, 0) is 16.1 Å². The van der Waals surface area contributed by atoms with Crippen LogP contribution in [0.2, 0.25) is 0 Å². The Kier molecular flexibility index (Phi) is 6.39. The first-order valence-corrected chi connectivity index (χ1v) is 9.43. The Morgan fingerprint density at radius 2 is 1.88 bits per heavy atom. The van der Waals surface area contributed by atoms with Crippen LogP contribution in [-0.4, -0.2) is 47.4 Å². The zero-order valence-corrected chi connectivity index (χ0v) is 14.7. The maximum atomic E-state index is 13.0. The van der Waals surface area contributed by atoms with E-state index in [4.69, 9.17) is 0 Å². The minimum atomic E-state index is -0.411. The third-order valence-electron chi connectivity index (χ3n) is 5.25. The van der Waals surface area contributed by atoms with Gasteiger partial charge in [0.1, 0.15) is 6.04 Å². The van der Waals surface area contributed by atoms with Gasteiger partial charge in [-0.2, -0.15) is 0 Å². The summed E-state index contributed by atoms with van der Waals surface area (Å²) < 4.78 is 0. The Labute approximate surface area is 149 Å². The van der Waals surface area contributed by atoms with Gasteiger partial charge < -0.3 is 15.5 Å². The summed E-state index contributed by atoms with van der Waals surface area (Å²) in [6, 6.07) is 3.35. The van der Waals surface area contributed by atoms with Crippen molar-refractivity contribution in [2.75, 3.05) is 19.6 Å². The summed E-state index contributed by atoms with van der Waals surface area (Å²) in [7, 11) is 0. The van der Waals surface area contributed by atoms with Crippen LogP contribution in [0.1, 0.15) is 44.1 Å². The van der Waals surface area contributed by atoms with Crippen LogP contribution in [0.5, 0.6) is 0 Å². The van der Waals surface area contributed by atoms with Crippen molar-refractivity contribution in [1.82, 2.24) is 20.5 Å². The Hall–Kier alpha value is -1.95. The first-order chi connectivity index (χ1) is 12.3. The summed E-state index contributed by atoms with van der Waals surface area (Å²) in [4.78, 5) is 31.5. The van der Waals surface area contributed by atoms with Crippen LogP contribution in [0.3, 0.4) is 0 Å². The van der Waals surface area contributed by atoms with E-state index in [1.165, 1.54) is 12.8 Å². The van der Waals surface area contributed by atoms with E-state index in [1.54, 1.807) is 12.4 Å². The molecular weight excluding hydrogens is 316 g/mol. The Balaban J connectivity index is 1.61. The second kappa shape index (κ2) is 8.94. The second-order valence-corrected chi connectivity index (χ2v) is 7.01. The van der Waals surface area contributed by atoms with Crippen molar-refractivity contribution in [1.29, 1.82) is 0 Å². The summed E-state index contributed by atoms with van der Waals surface area (Å²) in [5.41, 5.74) is 1.01. The first kappa shape index (κ1) is 17.9. The topological polar surface area (TPSA) is 74.3 Å². The molecule has 136 valence electrons. The average Bonchev–Trinajstić information content (AvgIpc) is 2.96. The largest absolute Gasteiger partial charge is 0.350 e. The van der Waals surface area contributed by atoms with Crippen molar-refractivity contribution in [2.24, 2.45) is 5.92 Å². The van der Waals surface area contributed by atoms with Gasteiger partial charge in [-0.3, -0.25) is 14.6 Å². The maximum absolute atomic E-state index is 13.0. The lowest BCUT2D eigenvalue weighted by Crippen LogP contribution is -2.60. The van der Waals surface area contributed by atoms with E-state index in [0.717, 1.165) is 37.8 Å². The number of rotatable bonds is 4. The highest BCUT2D eigenvalue weighted by Gasteiger charge is 2.35. The number of pyridine rings is 1. The number of piperazine rings is 1. The van der Waals surface area contributed by atoms with Crippen molar-refractivity contribution in [3.63, 3.8) is 0 Å². The van der Waals surface area contributed by atoms with Gasteiger partial charge in [-0.05, 0) is 30.5 Å². The Morgan fingerprint density at radius 3 is 2.60 bits per heavy atom. The molecule has 1 saturated carbocycles. The van der Waals surface area contributed by atoms with Crippen LogP contribution < -0.4 is 10.6 Å². The molecule has 6 heteroatoms. The zero-order chi connectivity index (χ0) is 17.5. The molecule has 1 aliphatic carbocycles. The molecule has 1 saturated heterocycles. The molecule has 2 amide bonds. The van der Waals surface area contributed by atoms with Gasteiger partial charge in [-0.1, -0.05) is 25.7 Å². The minimum absolute atomic E-state index is 0.0778. The maximum Gasteiger partial charge on any atom is 0.244 e. The number of amides is 2. The standard InChI is InChI=1S/C19H28N4O2/c24-18(22-13-15-7-9-20-10-8-15)17-14-21-11-12-23(17)19(25)16-5-3-1-2-4-6-16/h7-10,16-17,21H,1-6,11-14H2,(H,22,24)/t17-/m0/s1. The molecule has 0 unspecified atom stereocenters. The third kappa shape index (κ3) is 4.78. The first-order valence-electron chi connectivity index (χ1n) is 9.43. The molecule has 2 fully saturated rings. The number of carbonyl (C=O) groups is 2. The fourth-order valence-electron chi connectivity index (χ4n) is 3.77. The highest BCUT2D eigenvalue weighted by Crippen LogP contribution is 2.25. The molecule has 1 aromatic heterocycles. The molecule has 3 rings (SSSR count). The molecule has 6 nitrogen and oxygen atoms in total. The fourth-order valence-corrected chi connectivity index (χ4v) is 3.77. The van der Waals surface area contributed by atoms with Crippen molar-refractivity contribution in [3.8, 4) is 0 Å². The van der Waals surface area contributed by atoms with Gasteiger partial charge in [0.05, 0.1) is 0 Å². The summed E-state index contributed by atoms with van der Waals surface area (Å²) in [5.74, 6) is 0.189. The Morgan fingerprint density at radius 1 is 1.16 bits per heavy atom. The average molecular weight is 344 g/mol. The van der Waals surface area contributed by atoms with Gasteiger partial charge in [-0.25, -0.2) is 0 Å². The van der Waals surface area contributed by atoms with Crippen molar-refractivity contribution >= 4 is 11.8 Å². The van der Waals surface area contributed by atoms with Crippen molar-refractivity contribution < 1.29 is 9.59 Å². The van der Waals surface area contributed by atoms with Crippen LogP contribution in [0, 0.1) is 5.92 Å². The van der Waals surface area contributed by atoms with Gasteiger partial charge in [0.2, 0.25) is 11.8 Å². The predicted octanol–water partition coefficient (Wildman–Crippen LogP) is 1.47. The quantitative estimate of drug-likeness (QED) is 0.811. The highest BCUT2D eigenvalue weighted by atomic mass is 16.2. The fraction of sp³-hybridized carbons (Fsp3) is 0.632. The van der Waals surface area contributed by atoms with E-state index in [1.807, 2.05) is 17.0 Å². The van der Waals surface area contributed by atoms with Crippen molar-refractivity contribution in [2.45, 2.75) is 51.1 Å². The molecule has 2 heterocycles. The molecular formula is C19H28N4O2. The number of aromatic nitrogens is 1. The molecule has 0 aromatic carbocycles. The SMILES string of the molecule is O=C(NCc1ccncc1)[C@@H]1CNCCN1C(=O)C1CCCCCC1. The number of hydrogen-bond acceptors (Lipinski definition) is 4. The molecule has 0 spiro atoms. The van der Waals surface area contributed by atoms with E-state index in [0.29, 0.717) is 19.6 Å². The molecule has 25 heavy (non-hydrogen) atoms. The third-order valence-corrected chi connectivity index (χ3v) is 5.25. The monoisotopic (exact) mass is 344 g/mol. The van der Waals surface area contributed by atoms with Crippen molar-refractivity contribution in [3.05, 3.63) is 30.1 Å². The molecule has 1 aliphatic heterocycles. The van der Waals surface area contributed by atoms with Gasteiger partial charge in [0.25, 0.3) is 0 Å². The van der Waals surface area contributed by atoms with Crippen LogP contribution in [0.4, 0.5) is 0 Å². The lowest BCUT2D eigenvalue weighted by Gasteiger charge is -2.37. The lowest BCUT2D eigenvalue weighted by molar-refractivity contribution is -0.145. The van der Waals surface area contributed by atoms with E-state index >= 15 is 0 Å². The number of hydrogen-bond donors (Lipinski definition) is 2. The smallest absolute Gasteiger partial charge is 0.244 e. The zero-order valence-electron chi connectivity index (χ0n) is 14.7. The molecule has 0 bridgehead atoms. The van der Waals surface area contributed by atoms with Crippen LogP contribution in [0.25, 0.3) is 0 Å². The van der Waals surface area contributed by atoms with E-state index in [9.17, 15) is 9.59 Å². The van der Waals surface area contributed by atoms with E-state index in [2.05, 4.69) is 15.6 Å². The lowest BCUT2D eigenvalue weighted by atomic mass is 9.97. The highest BCUT2D eigenvalue weighted by molar-refractivity contribution is 5.89. The summed E-state index contributed by atoms with van der Waals surface area (Å²) in [5, 5.41) is 6.22. The number of carbonyl (C=O) groups excluding carboxylic acids is 2. The summed E-state index contributed by atoms with van der Waals surface area (Å²) in [6.07, 6.45) is 10.1. The molecule has 2 aliphatic rings. The normalized spacial score (nSPS) is 22.2. The van der Waals surface area contributed by atoms with Crippen LogP contribution in [0.15, 0.2) is 24.5 Å². The summed E-state index contributed by atoms with van der Waals surface area (Å²) in [6.45, 7) is 2.36. The number of nitrogens with one attached hydrogen (secondary N) is 2. The second-order valence-electron chi connectivity index (χ2n) is 7.01. The Bertz CT molecular complexity index is 570. The molecule has 1 atom stereocenters. The molecule has 1 aromatic rings. The molecule has 0 radical (unpaired) electrons. The predicted molar refractivity (Wildman–Crippen MR) is 95.6 cm³/mol. The molecule has 2 N–H and O–H groups in total. The summed E-state index contributed by atoms with van der Waals surface area (Å²) >= 11 is 0. The van der Waals surface area contributed by atoms with Gasteiger partial charge in [-0.15, -0.1) is 0 Å². The minimum Gasteiger partial charge on any atom is -0.350 e.